The second kappa shape index (κ2) is 10.6. The lowest BCUT2D eigenvalue weighted by atomic mass is 9.87. The van der Waals surface area contributed by atoms with Gasteiger partial charge in [-0.2, -0.15) is 0 Å². The van der Waals surface area contributed by atoms with Crippen molar-refractivity contribution >= 4 is 16.7 Å². The van der Waals surface area contributed by atoms with Gasteiger partial charge in [0.1, 0.15) is 6.10 Å². The van der Waals surface area contributed by atoms with E-state index in [1.54, 1.807) is 0 Å². The minimum atomic E-state index is -0.219. The van der Waals surface area contributed by atoms with Crippen LogP contribution < -0.4 is 5.32 Å². The molecule has 1 heterocycles. The standard InChI is InChI=1S/C28H33NO2/c1-2-3-5-16-25(24-17-10-14-21-13-8-9-15-23(21)24)28(30)31-27-18-19-29-20-26(27)22-11-6-4-7-12-22/h4,6-15,17,25-27,29H,2-3,5,16,18-20H2,1H3. The van der Waals surface area contributed by atoms with Gasteiger partial charge in [-0.15, -0.1) is 0 Å². The van der Waals surface area contributed by atoms with Gasteiger partial charge >= 0.3 is 5.97 Å². The molecule has 3 nitrogen and oxygen atoms in total. The summed E-state index contributed by atoms with van der Waals surface area (Å²) in [6.07, 6.45) is 4.91. The van der Waals surface area contributed by atoms with Crippen LogP contribution in [-0.4, -0.2) is 25.2 Å². The first-order valence-electron chi connectivity index (χ1n) is 11.7. The fourth-order valence-electron chi connectivity index (χ4n) is 4.79. The van der Waals surface area contributed by atoms with Crippen LogP contribution in [0.25, 0.3) is 10.8 Å². The van der Waals surface area contributed by atoms with E-state index in [4.69, 9.17) is 4.74 Å². The molecule has 1 fully saturated rings. The van der Waals surface area contributed by atoms with E-state index in [1.165, 1.54) is 10.9 Å². The quantitative estimate of drug-likeness (QED) is 0.352. The van der Waals surface area contributed by atoms with E-state index in [9.17, 15) is 4.79 Å². The van der Waals surface area contributed by atoms with Gasteiger partial charge in [0, 0.05) is 12.5 Å². The van der Waals surface area contributed by atoms with Crippen molar-refractivity contribution < 1.29 is 9.53 Å². The van der Waals surface area contributed by atoms with Crippen molar-refractivity contribution in [1.29, 1.82) is 0 Å². The van der Waals surface area contributed by atoms with Crippen LogP contribution in [-0.2, 0) is 9.53 Å². The Kier molecular flexibility index (Phi) is 7.37. The van der Waals surface area contributed by atoms with Crippen molar-refractivity contribution in [2.45, 2.75) is 57.0 Å². The van der Waals surface area contributed by atoms with Gasteiger partial charge in [-0.25, -0.2) is 0 Å². The van der Waals surface area contributed by atoms with E-state index in [2.05, 4.69) is 79.0 Å². The molecule has 1 aliphatic rings. The van der Waals surface area contributed by atoms with Crippen LogP contribution in [0.5, 0.6) is 0 Å². The van der Waals surface area contributed by atoms with Gasteiger partial charge < -0.3 is 10.1 Å². The van der Waals surface area contributed by atoms with Crippen LogP contribution in [0.1, 0.15) is 62.0 Å². The smallest absolute Gasteiger partial charge is 0.313 e. The first-order valence-corrected chi connectivity index (χ1v) is 11.7. The molecule has 1 N–H and O–H groups in total. The van der Waals surface area contributed by atoms with Gasteiger partial charge in [0.2, 0.25) is 0 Å². The lowest BCUT2D eigenvalue weighted by molar-refractivity contribution is -0.153. The summed E-state index contributed by atoms with van der Waals surface area (Å²) in [6, 6.07) is 25.1. The average Bonchev–Trinajstić information content (AvgIpc) is 2.82. The number of piperidine rings is 1. The Morgan fingerprint density at radius 2 is 1.77 bits per heavy atom. The Morgan fingerprint density at radius 3 is 2.61 bits per heavy atom. The van der Waals surface area contributed by atoms with Crippen LogP contribution in [0.3, 0.4) is 0 Å². The van der Waals surface area contributed by atoms with E-state index in [-0.39, 0.29) is 23.9 Å². The third kappa shape index (κ3) is 5.16. The molecule has 0 bridgehead atoms. The van der Waals surface area contributed by atoms with Gasteiger partial charge in [0.25, 0.3) is 0 Å². The maximum Gasteiger partial charge on any atom is 0.313 e. The molecular weight excluding hydrogens is 382 g/mol. The molecule has 3 heteroatoms. The predicted molar refractivity (Wildman–Crippen MR) is 127 cm³/mol. The summed E-state index contributed by atoms with van der Waals surface area (Å²) in [4.78, 5) is 13.6. The molecule has 0 amide bonds. The van der Waals surface area contributed by atoms with Crippen LogP contribution in [0.15, 0.2) is 72.8 Å². The first kappa shape index (κ1) is 21.6. The number of ether oxygens (including phenoxy) is 1. The molecule has 4 rings (SSSR count). The van der Waals surface area contributed by atoms with Crippen molar-refractivity contribution in [2.24, 2.45) is 0 Å². The van der Waals surface area contributed by atoms with E-state index in [1.807, 2.05) is 6.07 Å². The Balaban J connectivity index is 1.59. The molecule has 0 saturated carbocycles. The number of carbonyl (C=O) groups is 1. The maximum atomic E-state index is 13.6. The number of unbranched alkanes of at least 4 members (excludes halogenated alkanes) is 2. The molecule has 3 atom stereocenters. The highest BCUT2D eigenvalue weighted by atomic mass is 16.5. The van der Waals surface area contributed by atoms with Gasteiger partial charge in [0.05, 0.1) is 5.92 Å². The third-order valence-corrected chi connectivity index (χ3v) is 6.49. The normalized spacial score (nSPS) is 19.8. The molecule has 0 aromatic heterocycles. The van der Waals surface area contributed by atoms with Crippen molar-refractivity contribution in [1.82, 2.24) is 5.32 Å². The van der Waals surface area contributed by atoms with Gasteiger partial charge in [-0.05, 0) is 41.3 Å². The summed E-state index contributed by atoms with van der Waals surface area (Å²) in [5.41, 5.74) is 2.34. The Bertz CT molecular complexity index is 979. The lowest BCUT2D eigenvalue weighted by Gasteiger charge is -2.33. The number of rotatable bonds is 8. The second-order valence-electron chi connectivity index (χ2n) is 8.60. The Morgan fingerprint density at radius 1 is 1.00 bits per heavy atom. The topological polar surface area (TPSA) is 38.3 Å². The van der Waals surface area contributed by atoms with Gasteiger partial charge in [-0.3, -0.25) is 4.79 Å². The summed E-state index contributed by atoms with van der Waals surface area (Å²) in [5, 5.41) is 5.81. The summed E-state index contributed by atoms with van der Waals surface area (Å²) in [6.45, 7) is 3.93. The van der Waals surface area contributed by atoms with Crippen molar-refractivity contribution in [2.75, 3.05) is 13.1 Å². The number of carbonyl (C=O) groups excluding carboxylic acids is 1. The summed E-state index contributed by atoms with van der Waals surface area (Å²) in [5.74, 6) is -0.0908. The van der Waals surface area contributed by atoms with Crippen LogP contribution in [0, 0.1) is 0 Å². The highest BCUT2D eigenvalue weighted by molar-refractivity contribution is 5.91. The summed E-state index contributed by atoms with van der Waals surface area (Å²) >= 11 is 0. The third-order valence-electron chi connectivity index (χ3n) is 6.49. The number of nitrogens with one attached hydrogen (secondary N) is 1. The molecule has 1 aliphatic heterocycles. The van der Waals surface area contributed by atoms with Crippen molar-refractivity contribution in [3.05, 3.63) is 83.9 Å². The average molecular weight is 416 g/mol. The Hall–Kier alpha value is -2.65. The van der Waals surface area contributed by atoms with Crippen LogP contribution >= 0.6 is 0 Å². The van der Waals surface area contributed by atoms with E-state index in [0.717, 1.165) is 56.1 Å². The molecule has 3 aromatic carbocycles. The van der Waals surface area contributed by atoms with E-state index < -0.39 is 0 Å². The maximum absolute atomic E-state index is 13.6. The molecule has 0 radical (unpaired) electrons. The zero-order valence-electron chi connectivity index (χ0n) is 18.4. The van der Waals surface area contributed by atoms with Gasteiger partial charge in [-0.1, -0.05) is 99.0 Å². The minimum absolute atomic E-state index is 0.0692. The fraction of sp³-hybridized carbons (Fsp3) is 0.393. The highest BCUT2D eigenvalue weighted by Gasteiger charge is 2.32. The lowest BCUT2D eigenvalue weighted by Crippen LogP contribution is -2.41. The number of esters is 1. The molecular formula is C28H33NO2. The predicted octanol–water partition coefficient (Wildman–Crippen LogP) is 6.19. The molecule has 1 saturated heterocycles. The molecule has 0 aliphatic carbocycles. The highest BCUT2D eigenvalue weighted by Crippen LogP contribution is 2.33. The Labute approximate surface area is 185 Å². The molecule has 162 valence electrons. The first-order chi connectivity index (χ1) is 15.3. The SMILES string of the molecule is CCCCCC(C(=O)OC1CCNCC1c1ccccc1)c1cccc2ccccc12. The van der Waals surface area contributed by atoms with Gasteiger partial charge in [0.15, 0.2) is 0 Å². The zero-order chi connectivity index (χ0) is 21.5. The minimum Gasteiger partial charge on any atom is -0.461 e. The van der Waals surface area contributed by atoms with Crippen molar-refractivity contribution in [3.63, 3.8) is 0 Å². The number of fused-ring (bicyclic) bond motifs is 1. The molecule has 3 unspecified atom stereocenters. The van der Waals surface area contributed by atoms with Crippen LogP contribution in [0.2, 0.25) is 0 Å². The monoisotopic (exact) mass is 415 g/mol. The van der Waals surface area contributed by atoms with E-state index in [0.29, 0.717) is 0 Å². The molecule has 3 aromatic rings. The molecule has 0 spiro atoms. The van der Waals surface area contributed by atoms with Crippen LogP contribution in [0.4, 0.5) is 0 Å². The number of hydrogen-bond acceptors (Lipinski definition) is 3. The summed E-state index contributed by atoms with van der Waals surface area (Å²) in [7, 11) is 0. The van der Waals surface area contributed by atoms with Crippen molar-refractivity contribution in [3.8, 4) is 0 Å². The summed E-state index contributed by atoms with van der Waals surface area (Å²) < 4.78 is 6.28. The van der Waals surface area contributed by atoms with E-state index >= 15 is 0 Å². The number of benzene rings is 3. The fourth-order valence-corrected chi connectivity index (χ4v) is 4.79. The zero-order valence-corrected chi connectivity index (χ0v) is 18.4. The second-order valence-corrected chi connectivity index (χ2v) is 8.60. The largest absolute Gasteiger partial charge is 0.461 e. The molecule has 31 heavy (non-hydrogen) atoms. The number of hydrogen-bond donors (Lipinski definition) is 1.